The second-order valence-electron chi connectivity index (χ2n) is 17.3. The fourth-order valence-corrected chi connectivity index (χ4v) is 10.1. The molecule has 0 aromatic heterocycles. The van der Waals surface area contributed by atoms with Crippen LogP contribution < -0.4 is 5.32 Å². The second-order valence-corrected chi connectivity index (χ2v) is 17.3. The van der Waals surface area contributed by atoms with Crippen LogP contribution in [0.5, 0.6) is 0 Å². The Bertz CT molecular complexity index is 2670. The molecule has 9 rings (SSSR count). The zero-order valence-corrected chi connectivity index (χ0v) is 34.2. The van der Waals surface area contributed by atoms with Crippen LogP contribution >= 0.6 is 0 Å². The first-order valence-corrected chi connectivity index (χ1v) is 20.4. The smallest absolute Gasteiger partial charge is 0.0719 e. The van der Waals surface area contributed by atoms with Crippen molar-refractivity contribution in [1.82, 2.24) is 5.32 Å². The molecule has 7 aromatic rings. The molecular weight excluding hydrogens is 687 g/mol. The maximum atomic E-state index is 3.70. The van der Waals surface area contributed by atoms with E-state index in [1.54, 1.807) is 0 Å². The molecule has 1 spiro atoms. The van der Waals surface area contributed by atoms with Crippen molar-refractivity contribution in [1.29, 1.82) is 0 Å². The van der Waals surface area contributed by atoms with Crippen LogP contribution in [0.1, 0.15) is 97.2 Å². The van der Waals surface area contributed by atoms with Crippen molar-refractivity contribution in [2.24, 2.45) is 0 Å². The van der Waals surface area contributed by atoms with Gasteiger partial charge in [-0.1, -0.05) is 204 Å². The van der Waals surface area contributed by atoms with Gasteiger partial charge in [-0.05, 0) is 102 Å². The largest absolute Gasteiger partial charge is 0.387 e. The molecule has 0 unspecified atom stereocenters. The Hall–Kier alpha value is -6.18. The summed E-state index contributed by atoms with van der Waals surface area (Å²) in [6.45, 7) is 14.0. The monoisotopic (exact) mass is 737 g/mol. The summed E-state index contributed by atoms with van der Waals surface area (Å²) >= 11 is 0. The first-order valence-electron chi connectivity index (χ1n) is 20.4. The minimum absolute atomic E-state index is 0.0663. The molecule has 57 heavy (non-hydrogen) atoms. The molecule has 280 valence electrons. The van der Waals surface area contributed by atoms with Gasteiger partial charge in [-0.25, -0.2) is 0 Å². The van der Waals surface area contributed by atoms with E-state index >= 15 is 0 Å². The van der Waals surface area contributed by atoms with Crippen molar-refractivity contribution < 1.29 is 0 Å². The summed E-state index contributed by atoms with van der Waals surface area (Å²) in [6.07, 6.45) is 2.45. The Morgan fingerprint density at radius 1 is 0.509 bits per heavy atom. The maximum Gasteiger partial charge on any atom is 0.0719 e. The Morgan fingerprint density at radius 3 is 1.63 bits per heavy atom. The predicted molar refractivity (Wildman–Crippen MR) is 242 cm³/mol. The first kappa shape index (κ1) is 36.5. The van der Waals surface area contributed by atoms with Crippen molar-refractivity contribution in [3.05, 3.63) is 232 Å². The van der Waals surface area contributed by atoms with Crippen LogP contribution in [0.15, 0.2) is 176 Å². The summed E-state index contributed by atoms with van der Waals surface area (Å²) in [7, 11) is 2.06. The summed E-state index contributed by atoms with van der Waals surface area (Å²) in [6, 6.07) is 63.3. The van der Waals surface area contributed by atoms with Crippen LogP contribution in [0, 0.1) is 0 Å². The summed E-state index contributed by atoms with van der Waals surface area (Å²) in [5.74, 6) is 0. The first-order chi connectivity index (χ1) is 27.6. The predicted octanol–water partition coefficient (Wildman–Crippen LogP) is 13.8. The highest BCUT2D eigenvalue weighted by molar-refractivity contribution is 6.02. The molecule has 2 aliphatic carbocycles. The van der Waals surface area contributed by atoms with Gasteiger partial charge in [0.1, 0.15) is 0 Å². The highest BCUT2D eigenvalue weighted by Gasteiger charge is 2.53. The topological polar surface area (TPSA) is 12.0 Å². The van der Waals surface area contributed by atoms with E-state index in [-0.39, 0.29) is 10.8 Å². The SMILES string of the molecule is CN/C(=C(\C=C(/C)c1cccc2c1C(C)(C)c1ccccc1C21c2ccccc2-c2ccccc21)c1ccccc1-c1ccccc1)c1ccc(C(C)(C)C)cc1. The van der Waals surface area contributed by atoms with E-state index < -0.39 is 5.41 Å². The number of benzene rings is 7. The van der Waals surface area contributed by atoms with Crippen LogP contribution in [-0.4, -0.2) is 7.05 Å². The molecule has 7 aromatic carbocycles. The van der Waals surface area contributed by atoms with Crippen molar-refractivity contribution >= 4 is 16.8 Å². The van der Waals surface area contributed by atoms with Crippen LogP contribution in [0.3, 0.4) is 0 Å². The Morgan fingerprint density at radius 2 is 1.02 bits per heavy atom. The Labute approximate surface area is 339 Å². The summed E-state index contributed by atoms with van der Waals surface area (Å²) < 4.78 is 0. The number of fused-ring (bicyclic) bond motifs is 9. The molecule has 0 bridgehead atoms. The van der Waals surface area contributed by atoms with Gasteiger partial charge in [-0.15, -0.1) is 0 Å². The third kappa shape index (κ3) is 5.66. The maximum absolute atomic E-state index is 3.70. The molecule has 0 saturated carbocycles. The van der Waals surface area contributed by atoms with Gasteiger partial charge in [0.25, 0.3) is 0 Å². The quantitative estimate of drug-likeness (QED) is 0.132. The molecule has 2 aliphatic rings. The van der Waals surface area contributed by atoms with Crippen LogP contribution in [0.25, 0.3) is 39.1 Å². The Balaban J connectivity index is 1.34. The third-order valence-corrected chi connectivity index (χ3v) is 12.7. The molecule has 0 atom stereocenters. The molecule has 0 heterocycles. The number of rotatable bonds is 6. The van der Waals surface area contributed by atoms with Crippen LogP contribution in [0.2, 0.25) is 0 Å². The van der Waals surface area contributed by atoms with Gasteiger partial charge in [0.2, 0.25) is 0 Å². The molecule has 0 aliphatic heterocycles. The third-order valence-electron chi connectivity index (χ3n) is 12.7. The van der Waals surface area contributed by atoms with Crippen LogP contribution in [-0.2, 0) is 16.2 Å². The average molecular weight is 738 g/mol. The van der Waals surface area contributed by atoms with Gasteiger partial charge in [-0.2, -0.15) is 0 Å². The zero-order valence-electron chi connectivity index (χ0n) is 34.2. The highest BCUT2D eigenvalue weighted by Crippen LogP contribution is 2.62. The minimum atomic E-state index is -0.436. The molecular formula is C56H51N. The molecule has 0 radical (unpaired) electrons. The van der Waals surface area contributed by atoms with Gasteiger partial charge >= 0.3 is 0 Å². The zero-order chi connectivity index (χ0) is 39.5. The van der Waals surface area contributed by atoms with Crippen molar-refractivity contribution in [2.45, 2.75) is 57.8 Å². The lowest BCUT2D eigenvalue weighted by Gasteiger charge is -2.47. The van der Waals surface area contributed by atoms with E-state index in [1.807, 2.05) is 0 Å². The molecule has 0 fully saturated rings. The highest BCUT2D eigenvalue weighted by atomic mass is 14.8. The van der Waals surface area contributed by atoms with Gasteiger partial charge in [0, 0.05) is 23.7 Å². The van der Waals surface area contributed by atoms with E-state index in [1.165, 1.54) is 77.9 Å². The molecule has 1 nitrogen and oxygen atoms in total. The number of hydrogen-bond acceptors (Lipinski definition) is 1. The fraction of sp³-hybridized carbons (Fsp3) is 0.179. The molecule has 0 amide bonds. The normalized spacial score (nSPS) is 15.2. The van der Waals surface area contributed by atoms with E-state index in [4.69, 9.17) is 0 Å². The van der Waals surface area contributed by atoms with Crippen molar-refractivity contribution in [3.63, 3.8) is 0 Å². The summed E-state index contributed by atoms with van der Waals surface area (Å²) in [5, 5.41) is 3.70. The fourth-order valence-electron chi connectivity index (χ4n) is 10.1. The molecule has 1 N–H and O–H groups in total. The van der Waals surface area contributed by atoms with E-state index in [0.717, 1.165) is 16.8 Å². The Kier molecular flexibility index (Phi) is 8.82. The van der Waals surface area contributed by atoms with Gasteiger partial charge in [-0.3, -0.25) is 0 Å². The minimum Gasteiger partial charge on any atom is -0.387 e. The lowest BCUT2D eigenvalue weighted by atomic mass is 9.54. The second kappa shape index (κ2) is 13.8. The summed E-state index contributed by atoms with van der Waals surface area (Å²) in [5.41, 5.74) is 21.1. The number of hydrogen-bond donors (Lipinski definition) is 1. The summed E-state index contributed by atoms with van der Waals surface area (Å²) in [4.78, 5) is 0. The standard InChI is InChI=1S/C56H51N/c1-37(36-46(43-23-12-11-22-42(43)38-20-9-8-10-21-38)53(57-7)39-32-34-40(35-33-39)54(2,3)4)41-26-19-31-51-52(41)55(5,6)49-29-17-18-30-50(49)56(51)47-27-15-13-24-44(47)45-25-14-16-28-48(45)56/h8-36,57H,1-7H3/b37-36+,53-46+. The molecule has 1 heteroatoms. The van der Waals surface area contributed by atoms with Crippen molar-refractivity contribution in [2.75, 3.05) is 7.05 Å². The average Bonchev–Trinajstić information content (AvgIpc) is 3.53. The van der Waals surface area contributed by atoms with Crippen LogP contribution in [0.4, 0.5) is 0 Å². The van der Waals surface area contributed by atoms with Gasteiger partial charge in [0.05, 0.1) is 5.41 Å². The molecule has 0 saturated heterocycles. The van der Waals surface area contributed by atoms with Crippen molar-refractivity contribution in [3.8, 4) is 22.3 Å². The van der Waals surface area contributed by atoms with Gasteiger partial charge < -0.3 is 5.32 Å². The number of nitrogens with one attached hydrogen (secondary N) is 1. The number of allylic oxidation sites excluding steroid dienone is 3. The van der Waals surface area contributed by atoms with E-state index in [9.17, 15) is 0 Å². The lowest BCUT2D eigenvalue weighted by Crippen LogP contribution is -2.41. The van der Waals surface area contributed by atoms with E-state index in [0.29, 0.717) is 0 Å². The van der Waals surface area contributed by atoms with E-state index in [2.05, 4.69) is 230 Å². The van der Waals surface area contributed by atoms with Gasteiger partial charge in [0.15, 0.2) is 0 Å². The lowest BCUT2D eigenvalue weighted by molar-refractivity contribution is 0.561.